The van der Waals surface area contributed by atoms with Crippen LogP contribution in [0.15, 0.2) is 48.5 Å². The second-order valence-electron chi connectivity index (χ2n) is 6.74. The van der Waals surface area contributed by atoms with Crippen molar-refractivity contribution in [2.45, 2.75) is 39.5 Å². The van der Waals surface area contributed by atoms with Gasteiger partial charge in [0.25, 0.3) is 0 Å². The van der Waals surface area contributed by atoms with Gasteiger partial charge in [0, 0.05) is 12.6 Å². The Hall–Kier alpha value is -2.95. The molecular weight excluding hydrogens is 366 g/mol. The molecule has 156 valence electrons. The molecular formula is C24H31NO4. The van der Waals surface area contributed by atoms with Crippen LogP contribution in [0.3, 0.4) is 0 Å². The number of unbranched alkanes of at least 4 members (excludes halogenated alkanes) is 2. The number of hydrogen-bond donors (Lipinski definition) is 2. The van der Waals surface area contributed by atoms with Crippen molar-refractivity contribution in [3.63, 3.8) is 0 Å². The second kappa shape index (κ2) is 12.5. The molecule has 2 aromatic carbocycles. The molecule has 0 radical (unpaired) electrons. The highest BCUT2D eigenvalue weighted by molar-refractivity contribution is 5.91. The summed E-state index contributed by atoms with van der Waals surface area (Å²) < 4.78 is 11.5. The average Bonchev–Trinajstić information content (AvgIpc) is 2.72. The molecule has 0 atom stereocenters. The largest absolute Gasteiger partial charge is 0.508 e. The maximum Gasteiger partial charge on any atom is 0.244 e. The van der Waals surface area contributed by atoms with Crippen LogP contribution in [0.2, 0.25) is 0 Å². The summed E-state index contributed by atoms with van der Waals surface area (Å²) in [5.41, 5.74) is 1.94. The molecule has 0 unspecified atom stereocenters. The van der Waals surface area contributed by atoms with Crippen molar-refractivity contribution >= 4 is 12.0 Å². The zero-order valence-corrected chi connectivity index (χ0v) is 17.3. The van der Waals surface area contributed by atoms with Gasteiger partial charge in [-0.3, -0.25) is 4.79 Å². The first kappa shape index (κ1) is 22.3. The average molecular weight is 398 g/mol. The van der Waals surface area contributed by atoms with Crippen molar-refractivity contribution < 1.29 is 19.4 Å². The minimum atomic E-state index is -0.150. The predicted molar refractivity (Wildman–Crippen MR) is 116 cm³/mol. The molecule has 1 amide bonds. The number of phenolic OH excluding ortho intramolecular Hbond substituents is 1. The number of carbonyl (C=O) groups excluding carboxylic acids is 1. The molecule has 0 spiro atoms. The van der Waals surface area contributed by atoms with Gasteiger partial charge in [-0.05, 0) is 61.2 Å². The zero-order chi connectivity index (χ0) is 20.9. The normalized spacial score (nSPS) is 10.8. The highest BCUT2D eigenvalue weighted by Gasteiger charge is 2.06. The molecule has 2 N–H and O–H groups in total. The first-order valence-electron chi connectivity index (χ1n) is 10.3. The molecule has 29 heavy (non-hydrogen) atoms. The number of ether oxygens (including phenoxy) is 2. The van der Waals surface area contributed by atoms with Crippen LogP contribution in [0.25, 0.3) is 6.08 Å². The van der Waals surface area contributed by atoms with Gasteiger partial charge in [0.2, 0.25) is 5.91 Å². The van der Waals surface area contributed by atoms with Gasteiger partial charge in [-0.15, -0.1) is 0 Å². The lowest BCUT2D eigenvalue weighted by molar-refractivity contribution is -0.116. The molecule has 0 bridgehead atoms. The Morgan fingerprint density at radius 1 is 1.03 bits per heavy atom. The van der Waals surface area contributed by atoms with E-state index >= 15 is 0 Å². The van der Waals surface area contributed by atoms with E-state index < -0.39 is 0 Å². The van der Waals surface area contributed by atoms with Crippen molar-refractivity contribution in [2.75, 3.05) is 19.8 Å². The number of rotatable bonds is 12. The summed E-state index contributed by atoms with van der Waals surface area (Å²) in [5, 5.41) is 12.2. The summed E-state index contributed by atoms with van der Waals surface area (Å²) >= 11 is 0. The van der Waals surface area contributed by atoms with Crippen LogP contribution in [0.5, 0.6) is 17.2 Å². The van der Waals surface area contributed by atoms with Crippen molar-refractivity contribution in [3.05, 3.63) is 59.7 Å². The highest BCUT2D eigenvalue weighted by Crippen LogP contribution is 2.29. The lowest BCUT2D eigenvalue weighted by Crippen LogP contribution is -2.23. The summed E-state index contributed by atoms with van der Waals surface area (Å²) in [6.07, 6.45) is 7.28. The van der Waals surface area contributed by atoms with Gasteiger partial charge < -0.3 is 19.9 Å². The number of amides is 1. The van der Waals surface area contributed by atoms with E-state index in [1.54, 1.807) is 18.2 Å². The van der Waals surface area contributed by atoms with E-state index in [-0.39, 0.29) is 11.7 Å². The minimum Gasteiger partial charge on any atom is -0.508 e. The maximum absolute atomic E-state index is 12.1. The molecule has 2 rings (SSSR count). The van der Waals surface area contributed by atoms with E-state index in [1.807, 2.05) is 37.3 Å². The third-order valence-corrected chi connectivity index (χ3v) is 4.35. The van der Waals surface area contributed by atoms with E-state index in [1.165, 1.54) is 6.08 Å². The zero-order valence-electron chi connectivity index (χ0n) is 17.3. The summed E-state index contributed by atoms with van der Waals surface area (Å²) in [6.45, 7) is 5.86. The third kappa shape index (κ3) is 8.30. The third-order valence-electron chi connectivity index (χ3n) is 4.35. The Bertz CT molecular complexity index is 784. The lowest BCUT2D eigenvalue weighted by atomic mass is 10.1. The smallest absolute Gasteiger partial charge is 0.244 e. The van der Waals surface area contributed by atoms with Gasteiger partial charge in [0.05, 0.1) is 13.2 Å². The second-order valence-corrected chi connectivity index (χ2v) is 6.74. The van der Waals surface area contributed by atoms with Crippen LogP contribution < -0.4 is 14.8 Å². The molecule has 2 aromatic rings. The van der Waals surface area contributed by atoms with Crippen molar-refractivity contribution in [2.24, 2.45) is 0 Å². The van der Waals surface area contributed by atoms with E-state index in [9.17, 15) is 9.90 Å². The van der Waals surface area contributed by atoms with Gasteiger partial charge in [0.15, 0.2) is 11.5 Å². The topological polar surface area (TPSA) is 67.8 Å². The van der Waals surface area contributed by atoms with Gasteiger partial charge in [-0.1, -0.05) is 38.0 Å². The standard InChI is InChI=1S/C24H31NO4/c1-3-5-6-17-29-23-18-20(9-13-22(23)28-4-2)10-14-24(27)25-16-15-19-7-11-21(26)12-8-19/h7-14,18,26H,3-6,15-17H2,1-2H3,(H,25,27). The minimum absolute atomic E-state index is 0.150. The maximum atomic E-state index is 12.1. The molecule has 0 aromatic heterocycles. The lowest BCUT2D eigenvalue weighted by Gasteiger charge is -2.12. The van der Waals surface area contributed by atoms with Crippen LogP contribution in [0.4, 0.5) is 0 Å². The first-order chi connectivity index (χ1) is 14.1. The number of benzene rings is 2. The Kier molecular flexibility index (Phi) is 9.63. The van der Waals surface area contributed by atoms with Gasteiger partial charge in [-0.2, -0.15) is 0 Å². The molecule has 5 heteroatoms. The van der Waals surface area contributed by atoms with Gasteiger partial charge >= 0.3 is 0 Å². The summed E-state index contributed by atoms with van der Waals surface area (Å²) in [7, 11) is 0. The fourth-order valence-electron chi connectivity index (χ4n) is 2.77. The van der Waals surface area contributed by atoms with Crippen molar-refractivity contribution in [1.29, 1.82) is 0 Å². The number of nitrogens with one attached hydrogen (secondary N) is 1. The van der Waals surface area contributed by atoms with Crippen molar-refractivity contribution in [1.82, 2.24) is 5.32 Å². The van der Waals surface area contributed by atoms with Crippen LogP contribution >= 0.6 is 0 Å². The van der Waals surface area contributed by atoms with Crippen LogP contribution in [0, 0.1) is 0 Å². The van der Waals surface area contributed by atoms with E-state index in [4.69, 9.17) is 9.47 Å². The monoisotopic (exact) mass is 397 g/mol. The SMILES string of the molecule is CCCCCOc1cc(C=CC(=O)NCCc2ccc(O)cc2)ccc1OCC. The van der Waals surface area contributed by atoms with Crippen LogP contribution in [0.1, 0.15) is 44.2 Å². The van der Waals surface area contributed by atoms with Crippen LogP contribution in [-0.2, 0) is 11.2 Å². The molecule has 0 heterocycles. The number of carbonyl (C=O) groups is 1. The Balaban J connectivity index is 1.88. The number of aromatic hydroxyl groups is 1. The van der Waals surface area contributed by atoms with Crippen molar-refractivity contribution in [3.8, 4) is 17.2 Å². The predicted octanol–water partition coefficient (Wildman–Crippen LogP) is 4.73. The van der Waals surface area contributed by atoms with E-state index in [0.717, 1.165) is 36.1 Å². The number of phenols is 1. The first-order valence-corrected chi connectivity index (χ1v) is 10.3. The molecule has 0 saturated heterocycles. The fourth-order valence-corrected chi connectivity index (χ4v) is 2.77. The van der Waals surface area contributed by atoms with Gasteiger partial charge in [-0.25, -0.2) is 0 Å². The highest BCUT2D eigenvalue weighted by atomic mass is 16.5. The molecule has 5 nitrogen and oxygen atoms in total. The Morgan fingerprint density at radius 2 is 1.83 bits per heavy atom. The molecule has 0 aliphatic rings. The molecule has 0 aliphatic carbocycles. The van der Waals surface area contributed by atoms with Gasteiger partial charge in [0.1, 0.15) is 5.75 Å². The molecule has 0 saturated carbocycles. The molecule has 0 aliphatic heterocycles. The van der Waals surface area contributed by atoms with Crippen LogP contribution in [-0.4, -0.2) is 30.8 Å². The number of hydrogen-bond acceptors (Lipinski definition) is 4. The fraction of sp³-hybridized carbons (Fsp3) is 0.375. The quantitative estimate of drug-likeness (QED) is 0.401. The summed E-state index contributed by atoms with van der Waals surface area (Å²) in [4.78, 5) is 12.1. The summed E-state index contributed by atoms with van der Waals surface area (Å²) in [6, 6.07) is 12.7. The Morgan fingerprint density at radius 3 is 2.55 bits per heavy atom. The Labute approximate surface area is 173 Å². The summed E-state index contributed by atoms with van der Waals surface area (Å²) in [5.74, 6) is 1.52. The molecule has 0 fully saturated rings. The van der Waals surface area contributed by atoms with E-state index in [0.29, 0.717) is 31.9 Å². The van der Waals surface area contributed by atoms with E-state index in [2.05, 4.69) is 12.2 Å².